The van der Waals surface area contributed by atoms with Crippen LogP contribution in [0, 0.1) is 5.41 Å². The molecule has 2 rings (SSSR count). The van der Waals surface area contributed by atoms with Crippen molar-refractivity contribution >= 4 is 33.5 Å². The van der Waals surface area contributed by atoms with Crippen molar-refractivity contribution in [1.82, 2.24) is 10.3 Å². The summed E-state index contributed by atoms with van der Waals surface area (Å²) in [6.07, 6.45) is 3.92. The van der Waals surface area contributed by atoms with Gasteiger partial charge in [-0.1, -0.05) is 32.9 Å². The molecule has 1 unspecified atom stereocenters. The van der Waals surface area contributed by atoms with Crippen LogP contribution < -0.4 is 5.32 Å². The highest BCUT2D eigenvalue weighted by Gasteiger charge is 2.19. The van der Waals surface area contributed by atoms with Gasteiger partial charge in [-0.15, -0.1) is 11.3 Å². The number of rotatable bonds is 5. The average molecular weight is 318 g/mol. The minimum atomic E-state index is -0.229. The van der Waals surface area contributed by atoms with Crippen molar-refractivity contribution in [2.75, 3.05) is 6.61 Å². The smallest absolute Gasteiger partial charge is 0.244 e. The van der Waals surface area contributed by atoms with Gasteiger partial charge in [0, 0.05) is 6.08 Å². The summed E-state index contributed by atoms with van der Waals surface area (Å²) in [4.78, 5) is 16.4. The molecule has 1 aromatic heterocycles. The summed E-state index contributed by atoms with van der Waals surface area (Å²) >= 11 is 1.55. The van der Waals surface area contributed by atoms with Crippen molar-refractivity contribution in [3.8, 4) is 0 Å². The van der Waals surface area contributed by atoms with Crippen LogP contribution in [0.5, 0.6) is 0 Å². The molecule has 1 heterocycles. The number of thiazole rings is 1. The third kappa shape index (κ3) is 4.93. The number of nitrogens with one attached hydrogen (secondary N) is 1. The predicted octanol–water partition coefficient (Wildman–Crippen LogP) is 3.22. The van der Waals surface area contributed by atoms with Gasteiger partial charge in [-0.2, -0.15) is 0 Å². The van der Waals surface area contributed by atoms with Crippen molar-refractivity contribution in [3.05, 3.63) is 35.3 Å². The molecular weight excluding hydrogens is 296 g/mol. The Hall–Kier alpha value is -1.72. The molecule has 2 N–H and O–H groups in total. The van der Waals surface area contributed by atoms with Crippen LogP contribution in [0.25, 0.3) is 16.3 Å². The first-order valence-corrected chi connectivity index (χ1v) is 8.14. The molecule has 0 spiro atoms. The van der Waals surface area contributed by atoms with E-state index in [4.69, 9.17) is 0 Å². The Labute approximate surface area is 134 Å². The molecule has 2 aromatic rings. The molecule has 0 radical (unpaired) electrons. The summed E-state index contributed by atoms with van der Waals surface area (Å²) in [5.74, 6) is -0.206. The number of carbonyl (C=O) groups is 1. The van der Waals surface area contributed by atoms with Crippen LogP contribution in [0.1, 0.15) is 32.2 Å². The second kappa shape index (κ2) is 7.03. The quantitative estimate of drug-likeness (QED) is 0.832. The van der Waals surface area contributed by atoms with E-state index in [1.807, 2.05) is 24.3 Å². The summed E-state index contributed by atoms with van der Waals surface area (Å²) in [7, 11) is 0. The molecule has 1 atom stereocenters. The molecule has 0 aliphatic carbocycles. The summed E-state index contributed by atoms with van der Waals surface area (Å²) < 4.78 is 1.10. The number of fused-ring (bicyclic) bond motifs is 1. The number of aliphatic hydroxyl groups excluding tert-OH is 1. The van der Waals surface area contributed by atoms with Gasteiger partial charge in [0.2, 0.25) is 5.91 Å². The first-order chi connectivity index (χ1) is 10.4. The highest BCUT2D eigenvalue weighted by Crippen LogP contribution is 2.22. The van der Waals surface area contributed by atoms with Gasteiger partial charge < -0.3 is 10.4 Å². The number of carbonyl (C=O) groups excluding carboxylic acids is 1. The van der Waals surface area contributed by atoms with Crippen molar-refractivity contribution < 1.29 is 9.90 Å². The van der Waals surface area contributed by atoms with Crippen LogP contribution >= 0.6 is 11.3 Å². The first kappa shape index (κ1) is 16.6. The van der Waals surface area contributed by atoms with Crippen molar-refractivity contribution in [2.24, 2.45) is 5.41 Å². The second-order valence-corrected chi connectivity index (χ2v) is 7.57. The Morgan fingerprint density at radius 3 is 2.77 bits per heavy atom. The van der Waals surface area contributed by atoms with Crippen LogP contribution in [-0.2, 0) is 4.79 Å². The lowest BCUT2D eigenvalue weighted by atomic mass is 9.88. The van der Waals surface area contributed by atoms with Crippen LogP contribution in [0.3, 0.4) is 0 Å². The first-order valence-electron chi connectivity index (χ1n) is 7.32. The topological polar surface area (TPSA) is 62.2 Å². The number of aromatic nitrogens is 1. The third-order valence-corrected chi connectivity index (χ3v) is 4.11. The van der Waals surface area contributed by atoms with E-state index in [1.54, 1.807) is 17.4 Å². The number of para-hydroxylation sites is 1. The van der Waals surface area contributed by atoms with E-state index in [-0.39, 0.29) is 24.0 Å². The largest absolute Gasteiger partial charge is 0.394 e. The lowest BCUT2D eigenvalue weighted by Crippen LogP contribution is -2.39. The summed E-state index contributed by atoms with van der Waals surface area (Å²) in [5.41, 5.74) is 0.991. The second-order valence-electron chi connectivity index (χ2n) is 6.51. The molecule has 0 saturated heterocycles. The summed E-state index contributed by atoms with van der Waals surface area (Å²) in [6.45, 7) is 6.19. The monoisotopic (exact) mass is 318 g/mol. The van der Waals surface area contributed by atoms with Gasteiger partial charge in [0.05, 0.1) is 22.9 Å². The fourth-order valence-electron chi connectivity index (χ4n) is 2.26. The van der Waals surface area contributed by atoms with Gasteiger partial charge >= 0.3 is 0 Å². The lowest BCUT2D eigenvalue weighted by molar-refractivity contribution is -0.117. The minimum absolute atomic E-state index is 0.0530. The maximum absolute atomic E-state index is 12.0. The highest BCUT2D eigenvalue weighted by molar-refractivity contribution is 7.19. The zero-order valence-electron chi connectivity index (χ0n) is 13.2. The predicted molar refractivity (Wildman–Crippen MR) is 91.7 cm³/mol. The van der Waals surface area contributed by atoms with Crippen LogP contribution in [0.15, 0.2) is 30.3 Å². The Morgan fingerprint density at radius 2 is 2.14 bits per heavy atom. The maximum Gasteiger partial charge on any atom is 0.244 e. The number of hydrogen-bond donors (Lipinski definition) is 2. The van der Waals surface area contributed by atoms with E-state index in [0.717, 1.165) is 21.6 Å². The molecule has 5 heteroatoms. The van der Waals surface area contributed by atoms with Gasteiger partial charge in [0.15, 0.2) is 0 Å². The summed E-state index contributed by atoms with van der Waals surface area (Å²) in [6, 6.07) is 7.65. The van der Waals surface area contributed by atoms with Gasteiger partial charge in [-0.25, -0.2) is 4.98 Å². The van der Waals surface area contributed by atoms with Crippen molar-refractivity contribution in [3.63, 3.8) is 0 Å². The van der Waals surface area contributed by atoms with Crippen LogP contribution in [0.2, 0.25) is 0 Å². The number of hydrogen-bond acceptors (Lipinski definition) is 4. The molecular formula is C17H22N2O2S. The molecule has 0 saturated carbocycles. The fourth-order valence-corrected chi connectivity index (χ4v) is 3.13. The zero-order valence-corrected chi connectivity index (χ0v) is 14.0. The normalized spacial score (nSPS) is 13.6. The van der Waals surface area contributed by atoms with Crippen molar-refractivity contribution in [2.45, 2.75) is 33.2 Å². The van der Waals surface area contributed by atoms with E-state index in [2.05, 4.69) is 31.1 Å². The molecule has 0 fully saturated rings. The Balaban J connectivity index is 1.98. The summed E-state index contributed by atoms with van der Waals surface area (Å²) in [5, 5.41) is 13.0. The highest BCUT2D eigenvalue weighted by atomic mass is 32.1. The van der Waals surface area contributed by atoms with E-state index < -0.39 is 0 Å². The third-order valence-electron chi connectivity index (χ3n) is 3.11. The SMILES string of the molecule is CC(C)(C)CC(CO)NC(=O)/C=C/c1nc2ccccc2s1. The molecule has 0 bridgehead atoms. The van der Waals surface area contributed by atoms with E-state index in [1.165, 1.54) is 6.08 Å². The number of amides is 1. The Kier molecular flexibility index (Phi) is 5.32. The average Bonchev–Trinajstić information content (AvgIpc) is 2.85. The fraction of sp³-hybridized carbons (Fsp3) is 0.412. The van der Waals surface area contributed by atoms with E-state index in [0.29, 0.717) is 0 Å². The van der Waals surface area contributed by atoms with E-state index >= 15 is 0 Å². The Bertz CT molecular complexity index is 638. The van der Waals surface area contributed by atoms with Gasteiger partial charge in [-0.05, 0) is 30.0 Å². The van der Waals surface area contributed by atoms with Gasteiger partial charge in [0.1, 0.15) is 5.01 Å². The molecule has 118 valence electrons. The molecule has 22 heavy (non-hydrogen) atoms. The standard InChI is InChI=1S/C17H22N2O2S/c1-17(2,3)10-12(11-20)18-15(21)8-9-16-19-13-6-4-5-7-14(13)22-16/h4-9,12,20H,10-11H2,1-3H3,(H,18,21)/b9-8+. The number of nitrogens with zero attached hydrogens (tertiary/aromatic N) is 1. The van der Waals surface area contributed by atoms with Crippen molar-refractivity contribution in [1.29, 1.82) is 0 Å². The van der Waals surface area contributed by atoms with Crippen LogP contribution in [-0.4, -0.2) is 28.6 Å². The molecule has 1 aromatic carbocycles. The molecule has 0 aliphatic heterocycles. The molecule has 4 nitrogen and oxygen atoms in total. The Morgan fingerprint density at radius 1 is 1.41 bits per heavy atom. The molecule has 0 aliphatic rings. The van der Waals surface area contributed by atoms with Gasteiger partial charge in [-0.3, -0.25) is 4.79 Å². The van der Waals surface area contributed by atoms with Crippen LogP contribution in [0.4, 0.5) is 0 Å². The van der Waals surface area contributed by atoms with E-state index in [9.17, 15) is 9.90 Å². The molecule has 1 amide bonds. The number of aliphatic hydroxyl groups is 1. The zero-order chi connectivity index (χ0) is 16.2. The maximum atomic E-state index is 12.0. The number of benzene rings is 1. The lowest BCUT2D eigenvalue weighted by Gasteiger charge is -2.24. The minimum Gasteiger partial charge on any atom is -0.394 e. The van der Waals surface area contributed by atoms with Gasteiger partial charge in [0.25, 0.3) is 0 Å².